The zero-order valence-electron chi connectivity index (χ0n) is 30.5. The topological polar surface area (TPSA) is 130 Å². The van der Waals surface area contributed by atoms with E-state index in [0.717, 1.165) is 57.7 Å². The first kappa shape index (κ1) is 36.4. The van der Waals surface area contributed by atoms with Gasteiger partial charge < -0.3 is 23.8 Å². The van der Waals surface area contributed by atoms with E-state index in [1.807, 2.05) is 51.1 Å². The van der Waals surface area contributed by atoms with E-state index in [1.54, 1.807) is 29.0 Å². The molecular formula is C38H49N5O7S. The summed E-state index contributed by atoms with van der Waals surface area (Å²) in [5.41, 5.74) is 4.91. The minimum Gasteiger partial charge on any atom is -0.497 e. The maximum absolute atomic E-state index is 14.5. The van der Waals surface area contributed by atoms with Gasteiger partial charge in [-0.15, -0.1) is 0 Å². The third-order valence-corrected chi connectivity index (χ3v) is 11.4. The number of hydrogen-bond donors (Lipinski definition) is 1. The van der Waals surface area contributed by atoms with Crippen molar-refractivity contribution in [1.82, 2.24) is 23.4 Å². The molecule has 0 unspecified atom stereocenters. The van der Waals surface area contributed by atoms with E-state index in [1.165, 1.54) is 26.1 Å². The summed E-state index contributed by atoms with van der Waals surface area (Å²) in [6, 6.07) is 11.3. The molecule has 0 radical (unpaired) electrons. The maximum Gasteiger partial charge on any atom is 0.410 e. The molecule has 3 aliphatic rings. The zero-order chi connectivity index (χ0) is 36.7. The first-order chi connectivity index (χ1) is 24.2. The maximum atomic E-state index is 14.5. The van der Waals surface area contributed by atoms with Crippen molar-refractivity contribution in [3.63, 3.8) is 0 Å². The Morgan fingerprint density at radius 2 is 1.61 bits per heavy atom. The van der Waals surface area contributed by atoms with Gasteiger partial charge in [0.25, 0.3) is 11.8 Å². The second kappa shape index (κ2) is 14.3. The first-order valence-electron chi connectivity index (χ1n) is 17.7. The van der Waals surface area contributed by atoms with Crippen LogP contribution in [0.5, 0.6) is 5.75 Å². The predicted molar refractivity (Wildman–Crippen MR) is 197 cm³/mol. The number of ether oxygens (including phenoxy) is 2. The SMILES string of the molecule is COc1ccc2c(c1)C=C(C(=O)N1CCCN(C(=O)OC(C)(C)C)CC1)Cn1c-2c(C2CCCCC2)c2ccc(C(=O)NS(=O)(=O)N(C)C)cc21. The van der Waals surface area contributed by atoms with Crippen molar-refractivity contribution in [2.75, 3.05) is 47.4 Å². The van der Waals surface area contributed by atoms with E-state index in [0.29, 0.717) is 43.9 Å². The van der Waals surface area contributed by atoms with Gasteiger partial charge in [0, 0.05) is 67.9 Å². The largest absolute Gasteiger partial charge is 0.497 e. The van der Waals surface area contributed by atoms with E-state index < -0.39 is 21.7 Å². The molecule has 0 spiro atoms. The third kappa shape index (κ3) is 7.64. The molecule has 51 heavy (non-hydrogen) atoms. The monoisotopic (exact) mass is 719 g/mol. The quantitative estimate of drug-likeness (QED) is 0.343. The van der Waals surface area contributed by atoms with E-state index in [4.69, 9.17) is 9.47 Å². The van der Waals surface area contributed by atoms with Crippen molar-refractivity contribution in [1.29, 1.82) is 0 Å². The van der Waals surface area contributed by atoms with Crippen LogP contribution in [0.25, 0.3) is 28.2 Å². The summed E-state index contributed by atoms with van der Waals surface area (Å²) in [4.78, 5) is 44.2. The summed E-state index contributed by atoms with van der Waals surface area (Å²) >= 11 is 0. The minimum atomic E-state index is -4.01. The Labute approximate surface area is 300 Å². The Bertz CT molecular complexity index is 1990. The summed E-state index contributed by atoms with van der Waals surface area (Å²) in [7, 11) is 0.329. The van der Waals surface area contributed by atoms with Gasteiger partial charge in [-0.3, -0.25) is 9.59 Å². The summed E-state index contributed by atoms with van der Waals surface area (Å²) in [6.07, 6.45) is 7.65. The van der Waals surface area contributed by atoms with E-state index in [9.17, 15) is 22.8 Å². The molecule has 274 valence electrons. The van der Waals surface area contributed by atoms with Crippen molar-refractivity contribution < 1.29 is 32.3 Å². The molecule has 12 nitrogen and oxygen atoms in total. The van der Waals surface area contributed by atoms with Gasteiger partial charge in [0.15, 0.2) is 0 Å². The molecule has 0 atom stereocenters. The molecule has 2 fully saturated rings. The smallest absolute Gasteiger partial charge is 0.410 e. The van der Waals surface area contributed by atoms with Gasteiger partial charge in [0.05, 0.1) is 19.3 Å². The average Bonchev–Trinajstić information content (AvgIpc) is 3.22. The van der Waals surface area contributed by atoms with Gasteiger partial charge in [-0.1, -0.05) is 25.3 Å². The molecule has 3 amide bonds. The van der Waals surface area contributed by atoms with Crippen molar-refractivity contribution in [2.24, 2.45) is 0 Å². The number of hydrogen-bond acceptors (Lipinski definition) is 7. The number of nitrogens with one attached hydrogen (secondary N) is 1. The molecule has 1 saturated carbocycles. The molecule has 13 heteroatoms. The highest BCUT2D eigenvalue weighted by molar-refractivity contribution is 7.87. The van der Waals surface area contributed by atoms with Gasteiger partial charge in [0.1, 0.15) is 11.4 Å². The van der Waals surface area contributed by atoms with Gasteiger partial charge >= 0.3 is 16.3 Å². The molecule has 2 aliphatic heterocycles. The van der Waals surface area contributed by atoms with Gasteiger partial charge in [-0.2, -0.15) is 12.7 Å². The van der Waals surface area contributed by atoms with Crippen LogP contribution < -0.4 is 9.46 Å². The molecule has 0 bridgehead atoms. The highest BCUT2D eigenvalue weighted by atomic mass is 32.2. The van der Waals surface area contributed by atoms with E-state index in [2.05, 4.69) is 9.29 Å². The normalized spacial score (nSPS) is 17.3. The standard InChI is InChI=1S/C38H49N5O7S/c1-38(2,3)50-37(46)42-18-10-17-41(19-20-42)36(45)28-21-27-22-29(49-6)14-16-30(27)34-33(25-11-8-7-9-12-25)31-15-13-26(23-32(31)43(34)24-28)35(44)39-51(47,48)40(4)5/h13-16,21-23,25H,7-12,17-20,24H2,1-6H3,(H,39,44). The number of fused-ring (bicyclic) bond motifs is 5. The Kier molecular flexibility index (Phi) is 10.2. The molecular weight excluding hydrogens is 671 g/mol. The number of aromatic nitrogens is 1. The van der Waals surface area contributed by atoms with Crippen LogP contribution in [0.4, 0.5) is 4.79 Å². The Morgan fingerprint density at radius 1 is 0.902 bits per heavy atom. The minimum absolute atomic E-state index is 0.130. The summed E-state index contributed by atoms with van der Waals surface area (Å²) in [6.45, 7) is 7.44. The molecule has 1 N–H and O–H groups in total. The molecule has 1 aromatic heterocycles. The van der Waals surface area contributed by atoms with E-state index >= 15 is 0 Å². The lowest BCUT2D eigenvalue weighted by atomic mass is 9.81. The van der Waals surface area contributed by atoms with E-state index in [-0.39, 0.29) is 30.0 Å². The zero-order valence-corrected chi connectivity index (χ0v) is 31.3. The van der Waals surface area contributed by atoms with Crippen LogP contribution >= 0.6 is 0 Å². The molecule has 3 aromatic rings. The third-order valence-electron chi connectivity index (χ3n) is 9.96. The molecule has 2 aromatic carbocycles. The summed E-state index contributed by atoms with van der Waals surface area (Å²) in [5, 5.41) is 0.988. The van der Waals surface area contributed by atoms with Crippen LogP contribution in [0.1, 0.15) is 86.7 Å². The van der Waals surface area contributed by atoms with Gasteiger partial charge in [0.2, 0.25) is 0 Å². The lowest BCUT2D eigenvalue weighted by Crippen LogP contribution is -2.40. The highest BCUT2D eigenvalue weighted by Crippen LogP contribution is 2.47. The van der Waals surface area contributed by atoms with Crippen molar-refractivity contribution in [2.45, 2.75) is 77.4 Å². The van der Waals surface area contributed by atoms with Crippen molar-refractivity contribution in [3.05, 3.63) is 58.7 Å². The lowest BCUT2D eigenvalue weighted by Gasteiger charge is -2.26. The van der Waals surface area contributed by atoms with Crippen molar-refractivity contribution in [3.8, 4) is 17.0 Å². The molecule has 6 rings (SSSR count). The molecule has 1 aliphatic carbocycles. The van der Waals surface area contributed by atoms with Crippen LogP contribution in [-0.2, 0) is 26.3 Å². The number of amides is 3. The van der Waals surface area contributed by atoms with Crippen molar-refractivity contribution >= 4 is 45.1 Å². The Morgan fingerprint density at radius 3 is 2.29 bits per heavy atom. The summed E-state index contributed by atoms with van der Waals surface area (Å²) < 4.78 is 41.6. The fraction of sp³-hybridized carbons (Fsp3) is 0.500. The number of rotatable bonds is 6. The Hall–Kier alpha value is -4.36. The molecule has 3 heterocycles. The number of nitrogens with zero attached hydrogens (tertiary/aromatic N) is 4. The average molecular weight is 720 g/mol. The van der Waals surface area contributed by atoms with Gasteiger partial charge in [-0.25, -0.2) is 9.52 Å². The molecule has 1 saturated heterocycles. The first-order valence-corrected chi connectivity index (χ1v) is 19.2. The predicted octanol–water partition coefficient (Wildman–Crippen LogP) is 5.77. The van der Waals surface area contributed by atoms with Crippen LogP contribution in [-0.4, -0.2) is 98.0 Å². The fourth-order valence-corrected chi connectivity index (χ4v) is 7.95. The van der Waals surface area contributed by atoms with Crippen LogP contribution in [0.3, 0.4) is 0 Å². The van der Waals surface area contributed by atoms with Crippen LogP contribution in [0.2, 0.25) is 0 Å². The highest BCUT2D eigenvalue weighted by Gasteiger charge is 2.33. The number of benzene rings is 2. The van der Waals surface area contributed by atoms with Crippen LogP contribution in [0, 0.1) is 0 Å². The van der Waals surface area contributed by atoms with Gasteiger partial charge in [-0.05, 0) is 93.5 Å². The second-order valence-electron chi connectivity index (χ2n) is 14.9. The Balaban J connectivity index is 1.45. The fourth-order valence-electron chi connectivity index (χ4n) is 7.41. The number of carbonyl (C=O) groups excluding carboxylic acids is 3. The number of carbonyl (C=O) groups is 3. The van der Waals surface area contributed by atoms with Crippen LogP contribution in [0.15, 0.2) is 42.0 Å². The lowest BCUT2D eigenvalue weighted by molar-refractivity contribution is -0.127. The number of methoxy groups -OCH3 is 1. The summed E-state index contributed by atoms with van der Waals surface area (Å²) in [5.74, 6) is 0.0899. The second-order valence-corrected chi connectivity index (χ2v) is 16.8.